The molecule has 2 N–H and O–H groups in total. The number of hydrogen-bond donors (Lipinski definition) is 2. The van der Waals surface area contributed by atoms with E-state index in [0.29, 0.717) is 19.3 Å². The summed E-state index contributed by atoms with van der Waals surface area (Å²) in [7, 11) is 0. The van der Waals surface area contributed by atoms with Gasteiger partial charge in [0.15, 0.2) is 0 Å². The molecule has 0 fully saturated rings. The molecule has 15 heavy (non-hydrogen) atoms. The van der Waals surface area contributed by atoms with Gasteiger partial charge in [0.1, 0.15) is 0 Å². The van der Waals surface area contributed by atoms with Crippen LogP contribution in [0.1, 0.15) is 22.8 Å². The van der Waals surface area contributed by atoms with Crippen molar-refractivity contribution in [2.75, 3.05) is 0 Å². The zero-order valence-corrected chi connectivity index (χ0v) is 11.4. The van der Waals surface area contributed by atoms with Crippen LogP contribution in [0, 0.1) is 9.41 Å². The van der Waals surface area contributed by atoms with Crippen LogP contribution in [0.15, 0.2) is 0 Å². The van der Waals surface area contributed by atoms with Crippen LogP contribution in [0.4, 0.5) is 0 Å². The third kappa shape index (κ3) is 1.58. The minimum atomic E-state index is 0.446. The van der Waals surface area contributed by atoms with Crippen LogP contribution in [0.2, 0.25) is 0 Å². The summed E-state index contributed by atoms with van der Waals surface area (Å²) in [5.74, 6) is 0. The minimum absolute atomic E-state index is 0.446. The van der Waals surface area contributed by atoms with Crippen molar-refractivity contribution in [1.29, 1.82) is 0 Å². The van der Waals surface area contributed by atoms with Crippen molar-refractivity contribution < 1.29 is 0 Å². The van der Waals surface area contributed by atoms with E-state index in [1.165, 1.54) is 41.0 Å². The monoisotopic (exact) mass is 302 g/mol. The molecule has 0 saturated heterocycles. The van der Waals surface area contributed by atoms with Gasteiger partial charge in [-0.05, 0) is 0 Å². The van der Waals surface area contributed by atoms with E-state index in [4.69, 9.17) is 24.4 Å². The van der Waals surface area contributed by atoms with Crippen LogP contribution in [0.3, 0.4) is 0 Å². The van der Waals surface area contributed by atoms with E-state index in [0.717, 1.165) is 4.64 Å². The molecular weight excluding hydrogens is 291 g/mol. The van der Waals surface area contributed by atoms with Gasteiger partial charge in [0, 0.05) is 0 Å². The molecule has 2 aromatic rings. The molecule has 0 spiro atoms. The molecular formula is C10H10N2S2Se. The number of aryl methyl sites for hydroxylation is 2. The molecule has 0 bridgehead atoms. The molecule has 2 nitrogen and oxygen atoms in total. The summed E-state index contributed by atoms with van der Waals surface area (Å²) in [4.78, 5) is 6.32. The SMILES string of the molecule is S=c1[nH]c(=S)c2c3c([se]c2[nH]1)CCCC3. The quantitative estimate of drug-likeness (QED) is 0.579. The van der Waals surface area contributed by atoms with Gasteiger partial charge in [-0.1, -0.05) is 0 Å². The van der Waals surface area contributed by atoms with Crippen LogP contribution in [-0.2, 0) is 12.8 Å². The van der Waals surface area contributed by atoms with E-state index >= 15 is 0 Å². The summed E-state index contributed by atoms with van der Waals surface area (Å²) in [5, 5.41) is 1.27. The van der Waals surface area contributed by atoms with Gasteiger partial charge in [-0.3, -0.25) is 0 Å². The Hall–Kier alpha value is -0.221. The van der Waals surface area contributed by atoms with Crippen LogP contribution in [0.25, 0.3) is 9.78 Å². The molecule has 78 valence electrons. The van der Waals surface area contributed by atoms with E-state index in [2.05, 4.69) is 9.97 Å². The molecule has 2 aromatic heterocycles. The second-order valence-corrected chi connectivity index (χ2v) is 6.96. The first-order valence-electron chi connectivity index (χ1n) is 5.02. The molecule has 5 heteroatoms. The number of hydrogen-bond acceptors (Lipinski definition) is 2. The van der Waals surface area contributed by atoms with E-state index in [-0.39, 0.29) is 0 Å². The molecule has 0 aliphatic heterocycles. The Labute approximate surface area is 103 Å². The van der Waals surface area contributed by atoms with E-state index in [1.807, 2.05) is 0 Å². The third-order valence-electron chi connectivity index (χ3n) is 2.85. The molecule has 1 aliphatic rings. The average molecular weight is 301 g/mol. The summed E-state index contributed by atoms with van der Waals surface area (Å²) < 4.78 is 4.44. The zero-order chi connectivity index (χ0) is 10.4. The molecule has 3 rings (SSSR count). The first-order chi connectivity index (χ1) is 7.25. The fourth-order valence-electron chi connectivity index (χ4n) is 2.19. The normalized spacial score (nSPS) is 15.5. The van der Waals surface area contributed by atoms with Crippen LogP contribution < -0.4 is 0 Å². The standard InChI is InChI=1S/C10H10N2S2Se/c13-8-7-5-3-1-2-4-6(5)15-9(7)12-10(14)11-8/h1-4H2,(H2,11,12,13,14). The first-order valence-corrected chi connectivity index (χ1v) is 7.55. The zero-order valence-electron chi connectivity index (χ0n) is 8.05. The predicted molar refractivity (Wildman–Crippen MR) is 67.9 cm³/mol. The van der Waals surface area contributed by atoms with Gasteiger partial charge in [0.2, 0.25) is 0 Å². The van der Waals surface area contributed by atoms with Crippen molar-refractivity contribution in [3.8, 4) is 0 Å². The Morgan fingerprint density at radius 3 is 2.73 bits per heavy atom. The van der Waals surface area contributed by atoms with Crippen molar-refractivity contribution in [1.82, 2.24) is 9.97 Å². The van der Waals surface area contributed by atoms with E-state index in [1.54, 1.807) is 4.44 Å². The van der Waals surface area contributed by atoms with Crippen LogP contribution in [-0.4, -0.2) is 24.5 Å². The van der Waals surface area contributed by atoms with Crippen molar-refractivity contribution in [2.45, 2.75) is 25.7 Å². The van der Waals surface area contributed by atoms with Gasteiger partial charge in [-0.2, -0.15) is 0 Å². The first kappa shape index (κ1) is 9.97. The average Bonchev–Trinajstić information content (AvgIpc) is 2.54. The van der Waals surface area contributed by atoms with Crippen molar-refractivity contribution in [3.63, 3.8) is 0 Å². The summed E-state index contributed by atoms with van der Waals surface area (Å²) in [5.41, 5.74) is 1.52. The van der Waals surface area contributed by atoms with Gasteiger partial charge in [0.25, 0.3) is 0 Å². The molecule has 0 unspecified atom stereocenters. The van der Waals surface area contributed by atoms with Crippen LogP contribution in [0.5, 0.6) is 0 Å². The van der Waals surface area contributed by atoms with Gasteiger partial charge in [0.05, 0.1) is 0 Å². The number of aromatic nitrogens is 2. The predicted octanol–water partition coefficient (Wildman–Crippen LogP) is 2.89. The Morgan fingerprint density at radius 1 is 1.07 bits per heavy atom. The Balaban J connectivity index is 2.47. The van der Waals surface area contributed by atoms with Crippen LogP contribution >= 0.6 is 24.4 Å². The molecule has 0 aromatic carbocycles. The topological polar surface area (TPSA) is 31.6 Å². The second kappa shape index (κ2) is 3.67. The number of H-pyrrole nitrogens is 2. The molecule has 0 atom stereocenters. The third-order valence-corrected chi connectivity index (χ3v) is 5.90. The molecule has 0 amide bonds. The van der Waals surface area contributed by atoms with Crippen molar-refractivity contribution in [2.24, 2.45) is 0 Å². The van der Waals surface area contributed by atoms with Gasteiger partial charge in [-0.25, -0.2) is 0 Å². The molecule has 0 saturated carbocycles. The number of nitrogens with one attached hydrogen (secondary N) is 2. The molecule has 2 heterocycles. The van der Waals surface area contributed by atoms with Crippen molar-refractivity contribution in [3.05, 3.63) is 19.4 Å². The summed E-state index contributed by atoms with van der Waals surface area (Å²) >= 11 is 10.9. The van der Waals surface area contributed by atoms with E-state index < -0.39 is 0 Å². The Kier molecular flexibility index (Phi) is 2.44. The van der Waals surface area contributed by atoms with Gasteiger partial charge < -0.3 is 0 Å². The van der Waals surface area contributed by atoms with E-state index in [9.17, 15) is 0 Å². The summed E-state index contributed by atoms with van der Waals surface area (Å²) in [6.07, 6.45) is 5.11. The maximum absolute atomic E-state index is 5.37. The molecule has 0 radical (unpaired) electrons. The Morgan fingerprint density at radius 2 is 1.87 bits per heavy atom. The molecule has 1 aliphatic carbocycles. The Bertz CT molecular complexity index is 635. The maximum atomic E-state index is 5.37. The fourth-order valence-corrected chi connectivity index (χ4v) is 5.81. The second-order valence-electron chi connectivity index (χ2n) is 3.82. The summed E-state index contributed by atoms with van der Waals surface area (Å²) in [6, 6.07) is 0. The number of aromatic amines is 2. The number of fused-ring (bicyclic) bond motifs is 3. The summed E-state index contributed by atoms with van der Waals surface area (Å²) in [6.45, 7) is 0. The van der Waals surface area contributed by atoms with Gasteiger partial charge >= 0.3 is 104 Å². The number of rotatable bonds is 0. The van der Waals surface area contributed by atoms with Crippen molar-refractivity contribution >= 4 is 48.7 Å². The fraction of sp³-hybridized carbons (Fsp3) is 0.400. The van der Waals surface area contributed by atoms with Gasteiger partial charge in [-0.15, -0.1) is 0 Å².